The van der Waals surface area contributed by atoms with Crippen molar-refractivity contribution < 1.29 is 4.79 Å². The van der Waals surface area contributed by atoms with Crippen molar-refractivity contribution in [2.45, 2.75) is 32.5 Å². The molecular weight excluding hydrogens is 373 g/mol. The van der Waals surface area contributed by atoms with E-state index in [-0.39, 0.29) is 6.04 Å². The van der Waals surface area contributed by atoms with E-state index in [1.165, 1.54) is 25.8 Å². The Balaban J connectivity index is 1.83. The van der Waals surface area contributed by atoms with Crippen molar-refractivity contribution in [3.63, 3.8) is 0 Å². The number of nitrogens with zero attached hydrogens (tertiary/aromatic N) is 1. The molecule has 0 saturated carbocycles. The van der Waals surface area contributed by atoms with E-state index in [0.29, 0.717) is 0 Å². The molecule has 0 fully saturated rings. The first kappa shape index (κ1) is 14.7. The van der Waals surface area contributed by atoms with Crippen LogP contribution in [-0.4, -0.2) is 11.2 Å². The van der Waals surface area contributed by atoms with Gasteiger partial charge in [0.15, 0.2) is 0 Å². The Morgan fingerprint density at radius 1 is 1.19 bits per heavy atom. The number of hydrogen-bond acceptors (Lipinski definition) is 2. The molecule has 2 aromatic rings. The smallest absolute Gasteiger partial charge is 0.141 e. The quantitative estimate of drug-likeness (QED) is 0.578. The second-order valence-corrected chi connectivity index (χ2v) is 6.63. The minimum Gasteiger partial charge on any atom is -0.301 e. The van der Waals surface area contributed by atoms with Gasteiger partial charge in [-0.15, -0.1) is 0 Å². The molecule has 21 heavy (non-hydrogen) atoms. The summed E-state index contributed by atoms with van der Waals surface area (Å²) < 4.78 is 1.19. The van der Waals surface area contributed by atoms with E-state index in [4.69, 9.17) is 0 Å². The van der Waals surface area contributed by atoms with Crippen LogP contribution in [0.1, 0.15) is 35.2 Å². The van der Waals surface area contributed by atoms with Crippen LogP contribution in [0.2, 0.25) is 0 Å². The topological polar surface area (TPSA) is 20.3 Å². The van der Waals surface area contributed by atoms with E-state index in [1.54, 1.807) is 0 Å². The molecule has 0 aliphatic carbocycles. The second kappa shape index (κ2) is 6.28. The Kier molecular flexibility index (Phi) is 4.40. The number of fused-ring (bicyclic) bond motifs is 1. The molecule has 1 aliphatic heterocycles. The van der Waals surface area contributed by atoms with Crippen molar-refractivity contribution in [2.75, 3.05) is 0 Å². The molecule has 0 N–H and O–H groups in total. The van der Waals surface area contributed by atoms with Crippen LogP contribution in [0.5, 0.6) is 0 Å². The molecule has 3 rings (SSSR count). The largest absolute Gasteiger partial charge is 0.301 e. The highest BCUT2D eigenvalue weighted by Crippen LogP contribution is 2.36. The summed E-state index contributed by atoms with van der Waals surface area (Å²) in [4.78, 5) is 13.8. The highest BCUT2D eigenvalue weighted by Gasteiger charge is 2.31. The van der Waals surface area contributed by atoms with Gasteiger partial charge in [0.2, 0.25) is 0 Å². The zero-order valence-corrected chi connectivity index (χ0v) is 14.2. The number of aldehydes is 1. The Morgan fingerprint density at radius 3 is 2.57 bits per heavy atom. The molecule has 1 unspecified atom stereocenters. The lowest BCUT2D eigenvalue weighted by Gasteiger charge is -2.21. The van der Waals surface area contributed by atoms with Crippen molar-refractivity contribution in [1.29, 1.82) is 0 Å². The molecule has 1 heterocycles. The van der Waals surface area contributed by atoms with Crippen LogP contribution in [-0.2, 0) is 24.3 Å². The number of carbonyl (C=O) groups is 1. The summed E-state index contributed by atoms with van der Waals surface area (Å²) in [5.41, 5.74) is 5.09. The van der Waals surface area contributed by atoms with Gasteiger partial charge in [0, 0.05) is 16.7 Å². The lowest BCUT2D eigenvalue weighted by atomic mass is 10.1. The first-order chi connectivity index (χ1) is 10.2. The molecule has 1 atom stereocenters. The maximum Gasteiger partial charge on any atom is 0.141 e. The van der Waals surface area contributed by atoms with Crippen molar-refractivity contribution in [3.8, 4) is 0 Å². The van der Waals surface area contributed by atoms with E-state index in [2.05, 4.69) is 76.9 Å². The molecule has 0 bridgehead atoms. The van der Waals surface area contributed by atoms with E-state index >= 15 is 0 Å². The van der Waals surface area contributed by atoms with Gasteiger partial charge in [-0.25, -0.2) is 0 Å². The lowest BCUT2D eigenvalue weighted by molar-refractivity contribution is -0.112. The lowest BCUT2D eigenvalue weighted by Crippen LogP contribution is -2.22. The van der Waals surface area contributed by atoms with Crippen LogP contribution < -0.4 is 0 Å². The summed E-state index contributed by atoms with van der Waals surface area (Å²) in [6.07, 6.45) is 2.14. The average Bonchev–Trinajstić information content (AvgIpc) is 2.86. The molecular formula is C18H18INO. The van der Waals surface area contributed by atoms with Gasteiger partial charge >= 0.3 is 0 Å². The number of carbonyl (C=O) groups excluding carboxylic acids is 1. The van der Waals surface area contributed by atoms with Crippen LogP contribution in [0.3, 0.4) is 0 Å². The number of hydrogen-bond donors (Lipinski definition) is 0. The predicted octanol–water partition coefficient (Wildman–Crippen LogP) is 4.11. The van der Waals surface area contributed by atoms with Crippen molar-refractivity contribution in [1.82, 2.24) is 4.90 Å². The molecule has 0 amide bonds. The third kappa shape index (κ3) is 2.90. The summed E-state index contributed by atoms with van der Waals surface area (Å²) in [5.74, 6) is 0. The number of aryl methyl sites for hydroxylation is 1. The van der Waals surface area contributed by atoms with Gasteiger partial charge in [0.25, 0.3) is 0 Å². The van der Waals surface area contributed by atoms with Gasteiger partial charge in [-0.05, 0) is 57.3 Å². The fourth-order valence-corrected chi connectivity index (χ4v) is 3.85. The van der Waals surface area contributed by atoms with E-state index in [0.717, 1.165) is 25.8 Å². The molecule has 0 radical (unpaired) electrons. The van der Waals surface area contributed by atoms with Gasteiger partial charge in [-0.3, -0.25) is 4.90 Å². The summed E-state index contributed by atoms with van der Waals surface area (Å²) in [5, 5.41) is 0. The first-order valence-corrected chi connectivity index (χ1v) is 8.35. The fourth-order valence-electron chi connectivity index (χ4n) is 2.97. The van der Waals surface area contributed by atoms with Crippen LogP contribution in [0, 0.1) is 3.57 Å². The van der Waals surface area contributed by atoms with Crippen LogP contribution in [0.15, 0.2) is 42.5 Å². The number of rotatable bonds is 4. The molecule has 2 nitrogen and oxygen atoms in total. The highest BCUT2D eigenvalue weighted by atomic mass is 127. The maximum absolute atomic E-state index is 11.6. The van der Waals surface area contributed by atoms with Crippen LogP contribution in [0.25, 0.3) is 0 Å². The molecule has 1 aliphatic rings. The summed E-state index contributed by atoms with van der Waals surface area (Å²) >= 11 is 2.33. The van der Waals surface area contributed by atoms with E-state index in [1.807, 2.05) is 0 Å². The van der Waals surface area contributed by atoms with Gasteiger partial charge < -0.3 is 4.79 Å². The third-order valence-electron chi connectivity index (χ3n) is 4.15. The van der Waals surface area contributed by atoms with Gasteiger partial charge in [-0.2, -0.15) is 0 Å². The molecule has 0 aromatic heterocycles. The van der Waals surface area contributed by atoms with Crippen molar-refractivity contribution in [2.24, 2.45) is 0 Å². The fraction of sp³-hybridized carbons (Fsp3) is 0.278. The first-order valence-electron chi connectivity index (χ1n) is 7.27. The molecule has 2 aromatic carbocycles. The Morgan fingerprint density at radius 2 is 1.90 bits per heavy atom. The molecule has 3 heteroatoms. The number of benzene rings is 2. The Labute approximate surface area is 139 Å². The molecule has 0 saturated heterocycles. The van der Waals surface area contributed by atoms with Crippen molar-refractivity contribution >= 4 is 28.9 Å². The maximum atomic E-state index is 11.6. The minimum atomic E-state index is -0.112. The highest BCUT2D eigenvalue weighted by molar-refractivity contribution is 14.1. The number of halogens is 1. The summed E-state index contributed by atoms with van der Waals surface area (Å²) in [6.45, 7) is 3.83. The minimum absolute atomic E-state index is 0.112. The van der Waals surface area contributed by atoms with Crippen molar-refractivity contribution in [3.05, 3.63) is 68.3 Å². The molecule has 0 spiro atoms. The normalized spacial score (nSPS) is 17.7. The standard InChI is InChI=1S/C18H18INO/c1-2-13-6-8-14(9-7-13)10-20-11-15-4-3-5-16(19)18(15)17(20)12-21/h3-9,12,17H,2,10-11H2,1H3. The van der Waals surface area contributed by atoms with E-state index in [9.17, 15) is 4.79 Å². The van der Waals surface area contributed by atoms with Crippen LogP contribution >= 0.6 is 22.6 Å². The Hall–Kier alpha value is -1.20. The van der Waals surface area contributed by atoms with Crippen LogP contribution in [0.4, 0.5) is 0 Å². The zero-order valence-electron chi connectivity index (χ0n) is 12.1. The van der Waals surface area contributed by atoms with Gasteiger partial charge in [0.1, 0.15) is 6.29 Å². The SMILES string of the molecule is CCc1ccc(CN2Cc3cccc(I)c3C2C=O)cc1. The van der Waals surface area contributed by atoms with Gasteiger partial charge in [-0.1, -0.05) is 43.3 Å². The summed E-state index contributed by atoms with van der Waals surface area (Å²) in [6, 6.07) is 14.9. The average molecular weight is 391 g/mol. The predicted molar refractivity (Wildman–Crippen MR) is 93.0 cm³/mol. The van der Waals surface area contributed by atoms with Gasteiger partial charge in [0.05, 0.1) is 6.04 Å². The monoisotopic (exact) mass is 391 g/mol. The Bertz CT molecular complexity index is 651. The van der Waals surface area contributed by atoms with E-state index < -0.39 is 0 Å². The second-order valence-electron chi connectivity index (χ2n) is 5.47. The molecule has 108 valence electrons. The zero-order chi connectivity index (χ0) is 14.8. The third-order valence-corrected chi connectivity index (χ3v) is 5.09. The summed E-state index contributed by atoms with van der Waals surface area (Å²) in [7, 11) is 0.